The maximum Gasteiger partial charge on any atom is 0.262 e. The number of halogens is 2. The normalized spacial score (nSPS) is 11.1. The highest BCUT2D eigenvalue weighted by Gasteiger charge is 2.20. The van der Waals surface area contributed by atoms with Crippen LogP contribution in [0.5, 0.6) is 0 Å². The number of carbonyl (C=O) groups excluding carboxylic acids is 1. The van der Waals surface area contributed by atoms with Crippen molar-refractivity contribution in [2.24, 2.45) is 0 Å². The summed E-state index contributed by atoms with van der Waals surface area (Å²) in [7, 11) is 1.54. The number of carbonyl (C=O) groups is 1. The molecule has 0 radical (unpaired) electrons. The summed E-state index contributed by atoms with van der Waals surface area (Å²) in [6.07, 6.45) is 0. The third-order valence-corrected chi connectivity index (χ3v) is 6.20. The maximum absolute atomic E-state index is 14.1. The smallest absolute Gasteiger partial charge is 0.262 e. The number of hydrogen-bond donors (Lipinski definition) is 1. The van der Waals surface area contributed by atoms with E-state index >= 15 is 0 Å². The van der Waals surface area contributed by atoms with Gasteiger partial charge in [-0.3, -0.25) is 4.79 Å². The molecule has 1 aromatic carbocycles. The molecule has 0 aliphatic carbocycles. The number of ether oxygens (including phenoxy) is 1. The van der Waals surface area contributed by atoms with Crippen LogP contribution in [-0.4, -0.2) is 13.0 Å². The van der Waals surface area contributed by atoms with Gasteiger partial charge in [-0.25, -0.2) is 4.39 Å². The van der Waals surface area contributed by atoms with Crippen molar-refractivity contribution in [2.45, 2.75) is 13.2 Å². The molecule has 0 atom stereocenters. The van der Waals surface area contributed by atoms with Crippen LogP contribution < -0.4 is 5.32 Å². The van der Waals surface area contributed by atoms with Crippen LogP contribution in [0.3, 0.4) is 0 Å². The fourth-order valence-electron chi connectivity index (χ4n) is 2.33. The van der Waals surface area contributed by atoms with Gasteiger partial charge in [-0.05, 0) is 34.1 Å². The van der Waals surface area contributed by atoms with Crippen LogP contribution in [0, 0.1) is 5.82 Å². The lowest BCUT2D eigenvalue weighted by Crippen LogP contribution is -2.22. The van der Waals surface area contributed by atoms with Gasteiger partial charge in [-0.2, -0.15) is 0 Å². The molecular formula is C16H13BrFNO2S2. The fourth-order valence-corrected chi connectivity index (χ4v) is 4.86. The second-order valence-electron chi connectivity index (χ2n) is 4.87. The summed E-state index contributed by atoms with van der Waals surface area (Å²) in [6.45, 7) is 0.645. The molecule has 120 valence electrons. The highest BCUT2D eigenvalue weighted by Crippen LogP contribution is 2.33. The number of rotatable bonds is 5. The topological polar surface area (TPSA) is 38.3 Å². The van der Waals surface area contributed by atoms with Gasteiger partial charge in [0.25, 0.3) is 5.91 Å². The third-order valence-electron chi connectivity index (χ3n) is 3.30. The first-order valence-corrected chi connectivity index (χ1v) is 9.29. The molecule has 3 aromatic rings. The zero-order chi connectivity index (χ0) is 16.4. The van der Waals surface area contributed by atoms with Crippen molar-refractivity contribution in [3.63, 3.8) is 0 Å². The lowest BCUT2D eigenvalue weighted by Gasteiger charge is -2.05. The van der Waals surface area contributed by atoms with Gasteiger partial charge in [0.05, 0.1) is 18.0 Å². The second kappa shape index (κ2) is 7.09. The molecule has 0 saturated carbocycles. The first-order chi connectivity index (χ1) is 11.1. The van der Waals surface area contributed by atoms with E-state index in [-0.39, 0.29) is 18.3 Å². The Balaban J connectivity index is 1.90. The molecule has 23 heavy (non-hydrogen) atoms. The van der Waals surface area contributed by atoms with Gasteiger partial charge in [0, 0.05) is 37.5 Å². The van der Waals surface area contributed by atoms with Crippen LogP contribution in [0.2, 0.25) is 0 Å². The Labute approximate surface area is 149 Å². The van der Waals surface area contributed by atoms with E-state index in [1.165, 1.54) is 24.5 Å². The summed E-state index contributed by atoms with van der Waals surface area (Å²) in [4.78, 5) is 14.1. The van der Waals surface area contributed by atoms with Crippen molar-refractivity contribution in [1.29, 1.82) is 0 Å². The van der Waals surface area contributed by atoms with Crippen LogP contribution >= 0.6 is 38.6 Å². The van der Waals surface area contributed by atoms with Crippen LogP contribution in [-0.2, 0) is 17.9 Å². The van der Waals surface area contributed by atoms with Gasteiger partial charge < -0.3 is 10.1 Å². The predicted octanol–water partition coefficient (Wildman–Crippen LogP) is 4.94. The van der Waals surface area contributed by atoms with E-state index in [0.29, 0.717) is 22.4 Å². The van der Waals surface area contributed by atoms with E-state index in [9.17, 15) is 9.18 Å². The zero-order valence-electron chi connectivity index (χ0n) is 12.2. The van der Waals surface area contributed by atoms with Crippen LogP contribution in [0.1, 0.15) is 20.1 Å². The Bertz CT molecular complexity index is 859. The standard InChI is InChI=1S/C16H13BrFNO2S2/c1-21-7-11-14-12(18)3-2-4-13(14)23-15(11)16(20)19-6-10-5-9(17)8-22-10/h2-5,8H,6-7H2,1H3,(H,19,20). The Hall–Kier alpha value is -1.28. The molecule has 1 amide bonds. The van der Waals surface area contributed by atoms with E-state index in [4.69, 9.17) is 4.74 Å². The molecule has 0 aliphatic heterocycles. The molecule has 3 nitrogen and oxygen atoms in total. The van der Waals surface area contributed by atoms with Crippen molar-refractivity contribution < 1.29 is 13.9 Å². The van der Waals surface area contributed by atoms with Crippen LogP contribution in [0.4, 0.5) is 4.39 Å². The summed E-state index contributed by atoms with van der Waals surface area (Å²) in [6, 6.07) is 6.83. The monoisotopic (exact) mass is 413 g/mol. The zero-order valence-corrected chi connectivity index (χ0v) is 15.4. The van der Waals surface area contributed by atoms with Crippen molar-refractivity contribution in [3.8, 4) is 0 Å². The van der Waals surface area contributed by atoms with Crippen molar-refractivity contribution in [1.82, 2.24) is 5.32 Å². The molecule has 2 aromatic heterocycles. The van der Waals surface area contributed by atoms with Crippen molar-refractivity contribution >= 4 is 54.6 Å². The maximum atomic E-state index is 14.1. The summed E-state index contributed by atoms with van der Waals surface area (Å²) in [5.41, 5.74) is 0.607. The molecule has 0 bridgehead atoms. The number of fused-ring (bicyclic) bond motifs is 1. The number of nitrogens with one attached hydrogen (secondary N) is 1. The molecule has 0 fully saturated rings. The molecule has 1 N–H and O–H groups in total. The van der Waals surface area contributed by atoms with E-state index in [0.717, 1.165) is 14.0 Å². The molecule has 0 unspecified atom stereocenters. The van der Waals surface area contributed by atoms with E-state index in [1.54, 1.807) is 17.4 Å². The Morgan fingerprint density at radius 1 is 1.43 bits per heavy atom. The summed E-state index contributed by atoms with van der Waals surface area (Å²) >= 11 is 6.24. The minimum atomic E-state index is -0.327. The minimum Gasteiger partial charge on any atom is -0.380 e. The highest BCUT2D eigenvalue weighted by molar-refractivity contribution is 9.10. The molecule has 0 spiro atoms. The Morgan fingerprint density at radius 2 is 2.26 bits per heavy atom. The number of hydrogen-bond acceptors (Lipinski definition) is 4. The molecule has 0 saturated heterocycles. The summed E-state index contributed by atoms with van der Waals surface area (Å²) in [5.74, 6) is -0.533. The highest BCUT2D eigenvalue weighted by atomic mass is 79.9. The number of thiophene rings is 2. The van der Waals surface area contributed by atoms with Crippen LogP contribution in [0.15, 0.2) is 34.1 Å². The predicted molar refractivity (Wildman–Crippen MR) is 95.7 cm³/mol. The summed E-state index contributed by atoms with van der Waals surface area (Å²) < 4.78 is 21.0. The third kappa shape index (κ3) is 3.47. The molecule has 2 heterocycles. The second-order valence-corrected chi connectivity index (χ2v) is 7.83. The van der Waals surface area contributed by atoms with Gasteiger partial charge in [0.1, 0.15) is 5.82 Å². The summed E-state index contributed by atoms with van der Waals surface area (Å²) in [5, 5.41) is 5.33. The number of amides is 1. The molecule has 7 heteroatoms. The first kappa shape index (κ1) is 16.6. The van der Waals surface area contributed by atoms with Crippen molar-refractivity contribution in [2.75, 3.05) is 7.11 Å². The Kier molecular flexibility index (Phi) is 5.11. The number of benzene rings is 1. The van der Waals surface area contributed by atoms with Gasteiger partial charge >= 0.3 is 0 Å². The van der Waals surface area contributed by atoms with Gasteiger partial charge in [0.15, 0.2) is 0 Å². The largest absolute Gasteiger partial charge is 0.380 e. The average Bonchev–Trinajstić information content (AvgIpc) is 3.10. The van der Waals surface area contributed by atoms with Gasteiger partial charge in [0.2, 0.25) is 0 Å². The van der Waals surface area contributed by atoms with Gasteiger partial charge in [-0.15, -0.1) is 22.7 Å². The Morgan fingerprint density at radius 3 is 2.96 bits per heavy atom. The lowest BCUT2D eigenvalue weighted by atomic mass is 10.1. The van der Waals surface area contributed by atoms with E-state index in [1.807, 2.05) is 17.5 Å². The molecule has 0 aliphatic rings. The fraction of sp³-hybridized carbons (Fsp3) is 0.188. The lowest BCUT2D eigenvalue weighted by molar-refractivity contribution is 0.0951. The minimum absolute atomic E-state index is 0.203. The molecular weight excluding hydrogens is 401 g/mol. The van der Waals surface area contributed by atoms with E-state index < -0.39 is 0 Å². The first-order valence-electron chi connectivity index (χ1n) is 6.80. The quantitative estimate of drug-likeness (QED) is 0.642. The molecule has 3 rings (SSSR count). The average molecular weight is 414 g/mol. The van der Waals surface area contributed by atoms with E-state index in [2.05, 4.69) is 21.2 Å². The van der Waals surface area contributed by atoms with Crippen LogP contribution in [0.25, 0.3) is 10.1 Å². The SMILES string of the molecule is COCc1c(C(=O)NCc2cc(Br)cs2)sc2cccc(F)c12. The number of methoxy groups -OCH3 is 1. The van der Waals surface area contributed by atoms with Gasteiger partial charge in [-0.1, -0.05) is 6.07 Å². The van der Waals surface area contributed by atoms with Crippen molar-refractivity contribution in [3.05, 3.63) is 55.3 Å².